The number of fused-ring (bicyclic) bond motifs is 1. The summed E-state index contributed by atoms with van der Waals surface area (Å²) in [5.74, 6) is -0.337. The highest BCUT2D eigenvalue weighted by Gasteiger charge is 2.03. The fourth-order valence-corrected chi connectivity index (χ4v) is 1.48. The number of nitrogens with two attached hydrogens (primary N) is 1. The summed E-state index contributed by atoms with van der Waals surface area (Å²) < 4.78 is 14.3. The molecule has 14 heavy (non-hydrogen) atoms. The Morgan fingerprint density at radius 2 is 2.07 bits per heavy atom. The summed E-state index contributed by atoms with van der Waals surface area (Å²) in [7, 11) is 1.61. The van der Waals surface area contributed by atoms with E-state index in [0.29, 0.717) is 10.9 Å². The Balaban J connectivity index is 2.98. The summed E-state index contributed by atoms with van der Waals surface area (Å²) in [6.07, 6.45) is 0. The average Bonchev–Trinajstić information content (AvgIpc) is 2.14. The van der Waals surface area contributed by atoms with E-state index in [0.717, 1.165) is 0 Å². The van der Waals surface area contributed by atoms with Gasteiger partial charge in [0.25, 0.3) is 5.56 Å². The van der Waals surface area contributed by atoms with Gasteiger partial charge in [0.2, 0.25) is 0 Å². The third-order valence-corrected chi connectivity index (χ3v) is 2.21. The minimum absolute atomic E-state index is 0.130. The lowest BCUT2D eigenvalue weighted by atomic mass is 10.2. The van der Waals surface area contributed by atoms with Crippen LogP contribution >= 0.6 is 0 Å². The molecule has 0 bridgehead atoms. The van der Waals surface area contributed by atoms with Gasteiger partial charge in [-0.2, -0.15) is 0 Å². The third kappa shape index (κ3) is 1.16. The van der Waals surface area contributed by atoms with Crippen LogP contribution in [0.5, 0.6) is 0 Å². The molecule has 1 aromatic heterocycles. The SMILES string of the molecule is Cn1c(=O)c(N)cc2cc(F)ccc21. The molecule has 1 aromatic carbocycles. The van der Waals surface area contributed by atoms with Gasteiger partial charge in [-0.1, -0.05) is 0 Å². The molecule has 0 saturated carbocycles. The Morgan fingerprint density at radius 3 is 2.79 bits per heavy atom. The van der Waals surface area contributed by atoms with Crippen molar-refractivity contribution in [1.29, 1.82) is 0 Å². The van der Waals surface area contributed by atoms with E-state index in [-0.39, 0.29) is 17.1 Å². The van der Waals surface area contributed by atoms with Crippen molar-refractivity contribution < 1.29 is 4.39 Å². The lowest BCUT2D eigenvalue weighted by molar-refractivity contribution is 0.629. The molecule has 0 radical (unpaired) electrons. The number of hydrogen-bond acceptors (Lipinski definition) is 2. The molecule has 2 N–H and O–H groups in total. The average molecular weight is 192 g/mol. The molecule has 2 rings (SSSR count). The van der Waals surface area contributed by atoms with Crippen LogP contribution in [0.2, 0.25) is 0 Å². The molecule has 0 saturated heterocycles. The fraction of sp³-hybridized carbons (Fsp3) is 0.100. The van der Waals surface area contributed by atoms with Gasteiger partial charge in [-0.05, 0) is 24.3 Å². The van der Waals surface area contributed by atoms with Crippen molar-refractivity contribution in [3.05, 3.63) is 40.4 Å². The molecule has 0 amide bonds. The van der Waals surface area contributed by atoms with Gasteiger partial charge in [-0.15, -0.1) is 0 Å². The van der Waals surface area contributed by atoms with Crippen LogP contribution in [0.25, 0.3) is 10.9 Å². The highest BCUT2D eigenvalue weighted by atomic mass is 19.1. The highest BCUT2D eigenvalue weighted by molar-refractivity contribution is 5.81. The zero-order chi connectivity index (χ0) is 10.3. The van der Waals surface area contributed by atoms with Crippen molar-refractivity contribution in [3.63, 3.8) is 0 Å². The van der Waals surface area contributed by atoms with Crippen LogP contribution in [0, 0.1) is 5.82 Å². The van der Waals surface area contributed by atoms with Gasteiger partial charge in [0, 0.05) is 12.4 Å². The van der Waals surface area contributed by atoms with Crippen molar-refractivity contribution in [2.45, 2.75) is 0 Å². The second-order valence-electron chi connectivity index (χ2n) is 3.17. The number of aryl methyl sites for hydroxylation is 1. The summed E-state index contributed by atoms with van der Waals surface area (Å²) in [5, 5.41) is 0.629. The molecule has 1 heterocycles. The zero-order valence-electron chi connectivity index (χ0n) is 7.62. The molecule has 72 valence electrons. The number of aromatic nitrogens is 1. The number of rotatable bonds is 0. The Bertz CT molecular complexity index is 560. The normalized spacial score (nSPS) is 10.7. The topological polar surface area (TPSA) is 48.0 Å². The molecule has 0 aliphatic carbocycles. The van der Waals surface area contributed by atoms with Crippen LogP contribution in [0.4, 0.5) is 10.1 Å². The van der Waals surface area contributed by atoms with Gasteiger partial charge >= 0.3 is 0 Å². The van der Waals surface area contributed by atoms with Crippen LogP contribution in [0.15, 0.2) is 29.1 Å². The Hall–Kier alpha value is -1.84. The maximum absolute atomic E-state index is 12.9. The van der Waals surface area contributed by atoms with E-state index in [1.807, 2.05) is 0 Å². The maximum atomic E-state index is 12.9. The molecular weight excluding hydrogens is 183 g/mol. The van der Waals surface area contributed by atoms with Crippen molar-refractivity contribution in [3.8, 4) is 0 Å². The first-order chi connectivity index (χ1) is 6.59. The lowest BCUT2D eigenvalue weighted by Crippen LogP contribution is -2.20. The number of anilines is 1. The molecule has 0 fully saturated rings. The van der Waals surface area contributed by atoms with Crippen LogP contribution in [-0.4, -0.2) is 4.57 Å². The minimum atomic E-state index is -0.337. The molecule has 0 aliphatic heterocycles. The van der Waals surface area contributed by atoms with Gasteiger partial charge in [0.1, 0.15) is 5.82 Å². The third-order valence-electron chi connectivity index (χ3n) is 2.21. The van der Waals surface area contributed by atoms with Crippen LogP contribution < -0.4 is 11.3 Å². The molecule has 3 nitrogen and oxygen atoms in total. The highest BCUT2D eigenvalue weighted by Crippen LogP contribution is 2.14. The number of benzene rings is 1. The largest absolute Gasteiger partial charge is 0.394 e. The van der Waals surface area contributed by atoms with Gasteiger partial charge in [0.15, 0.2) is 0 Å². The number of nitrogen functional groups attached to an aromatic ring is 1. The lowest BCUT2D eigenvalue weighted by Gasteiger charge is -2.05. The number of nitrogens with zero attached hydrogens (tertiary/aromatic N) is 1. The molecule has 2 aromatic rings. The number of halogens is 1. The standard InChI is InChI=1S/C10H9FN2O/c1-13-9-3-2-7(11)4-6(9)5-8(12)10(13)14/h2-5H,12H2,1H3. The second-order valence-corrected chi connectivity index (χ2v) is 3.17. The zero-order valence-corrected chi connectivity index (χ0v) is 7.62. The van der Waals surface area contributed by atoms with E-state index in [1.165, 1.54) is 22.8 Å². The monoisotopic (exact) mass is 192 g/mol. The fourth-order valence-electron chi connectivity index (χ4n) is 1.48. The summed E-state index contributed by atoms with van der Waals surface area (Å²) in [6, 6.07) is 5.72. The summed E-state index contributed by atoms with van der Waals surface area (Å²) >= 11 is 0. The van der Waals surface area contributed by atoms with E-state index in [9.17, 15) is 9.18 Å². The van der Waals surface area contributed by atoms with Crippen LogP contribution in [0.3, 0.4) is 0 Å². The van der Waals surface area contributed by atoms with E-state index < -0.39 is 0 Å². The quantitative estimate of drug-likeness (QED) is 0.683. The molecule has 4 heteroatoms. The molecule has 0 unspecified atom stereocenters. The van der Waals surface area contributed by atoms with Crippen molar-refractivity contribution in [2.75, 3.05) is 5.73 Å². The first-order valence-electron chi connectivity index (χ1n) is 4.14. The van der Waals surface area contributed by atoms with E-state index in [2.05, 4.69) is 0 Å². The first-order valence-corrected chi connectivity index (χ1v) is 4.14. The Kier molecular flexibility index (Phi) is 1.77. The molecule has 0 spiro atoms. The van der Waals surface area contributed by atoms with E-state index in [4.69, 9.17) is 5.73 Å². The minimum Gasteiger partial charge on any atom is -0.394 e. The smallest absolute Gasteiger partial charge is 0.273 e. The van der Waals surface area contributed by atoms with E-state index in [1.54, 1.807) is 13.1 Å². The summed E-state index contributed by atoms with van der Waals surface area (Å²) in [6.45, 7) is 0. The Morgan fingerprint density at radius 1 is 1.36 bits per heavy atom. The predicted molar refractivity (Wildman–Crippen MR) is 53.6 cm³/mol. The predicted octanol–water partition coefficient (Wildman–Crippen LogP) is 1.26. The summed E-state index contributed by atoms with van der Waals surface area (Å²) in [5.41, 5.74) is 6.02. The maximum Gasteiger partial charge on any atom is 0.273 e. The Labute approximate surface area is 79.6 Å². The van der Waals surface area contributed by atoms with Crippen molar-refractivity contribution in [2.24, 2.45) is 7.05 Å². The van der Waals surface area contributed by atoms with Crippen molar-refractivity contribution >= 4 is 16.6 Å². The van der Waals surface area contributed by atoms with Gasteiger partial charge in [-0.25, -0.2) is 4.39 Å². The summed E-state index contributed by atoms with van der Waals surface area (Å²) in [4.78, 5) is 11.4. The van der Waals surface area contributed by atoms with Crippen LogP contribution in [0.1, 0.15) is 0 Å². The number of pyridine rings is 1. The van der Waals surface area contributed by atoms with Gasteiger partial charge < -0.3 is 10.3 Å². The first kappa shape index (κ1) is 8.74. The number of hydrogen-bond donors (Lipinski definition) is 1. The second kappa shape index (κ2) is 2.83. The van der Waals surface area contributed by atoms with E-state index >= 15 is 0 Å². The molecule has 0 aliphatic rings. The molecule has 0 atom stereocenters. The van der Waals surface area contributed by atoms with Crippen molar-refractivity contribution in [1.82, 2.24) is 4.57 Å². The van der Waals surface area contributed by atoms with Crippen LogP contribution in [-0.2, 0) is 7.05 Å². The molecular formula is C10H9FN2O. The van der Waals surface area contributed by atoms with Gasteiger partial charge in [-0.3, -0.25) is 4.79 Å². The van der Waals surface area contributed by atoms with Gasteiger partial charge in [0.05, 0.1) is 11.2 Å².